The first kappa shape index (κ1) is 14.7. The number of hydrogen-bond donors (Lipinski definition) is 2. The highest BCUT2D eigenvalue weighted by Crippen LogP contribution is 2.29. The van der Waals surface area contributed by atoms with Gasteiger partial charge in [-0.2, -0.15) is 0 Å². The van der Waals surface area contributed by atoms with Gasteiger partial charge in [0.1, 0.15) is 0 Å². The van der Waals surface area contributed by atoms with E-state index < -0.39 is 0 Å². The molecule has 1 aliphatic rings. The van der Waals surface area contributed by atoms with Gasteiger partial charge in [0.25, 0.3) is 0 Å². The molecule has 1 aromatic carbocycles. The van der Waals surface area contributed by atoms with Gasteiger partial charge >= 0.3 is 0 Å². The fourth-order valence-electron chi connectivity index (χ4n) is 2.31. The van der Waals surface area contributed by atoms with E-state index in [1.807, 2.05) is 32.0 Å². The van der Waals surface area contributed by atoms with Crippen LogP contribution >= 0.6 is 0 Å². The number of carbonyl (C=O) groups is 1. The Morgan fingerprint density at radius 3 is 2.75 bits per heavy atom. The monoisotopic (exact) mass is 277 g/mol. The summed E-state index contributed by atoms with van der Waals surface area (Å²) in [5, 5.41) is 2.98. The molecule has 3 N–H and O–H groups in total. The molecule has 0 radical (unpaired) electrons. The van der Waals surface area contributed by atoms with Gasteiger partial charge in [0.15, 0.2) is 0 Å². The maximum Gasteiger partial charge on any atom is 0.224 e. The van der Waals surface area contributed by atoms with Crippen LogP contribution in [0.1, 0.15) is 20.3 Å². The van der Waals surface area contributed by atoms with Crippen LogP contribution in [0.2, 0.25) is 0 Å². The summed E-state index contributed by atoms with van der Waals surface area (Å²) in [7, 11) is 0. The molecule has 110 valence electrons. The van der Waals surface area contributed by atoms with Gasteiger partial charge in [0.05, 0.1) is 24.6 Å². The third kappa shape index (κ3) is 3.87. The maximum atomic E-state index is 12.0. The molecule has 0 aliphatic carbocycles. The summed E-state index contributed by atoms with van der Waals surface area (Å²) >= 11 is 0. The lowest BCUT2D eigenvalue weighted by atomic mass is 10.1. The molecular weight excluding hydrogens is 254 g/mol. The highest BCUT2D eigenvalue weighted by molar-refractivity contribution is 5.95. The van der Waals surface area contributed by atoms with Crippen LogP contribution in [0.15, 0.2) is 18.2 Å². The summed E-state index contributed by atoms with van der Waals surface area (Å²) in [5.41, 5.74) is 8.30. The van der Waals surface area contributed by atoms with Gasteiger partial charge in [-0.25, -0.2) is 0 Å². The molecule has 1 amide bonds. The molecule has 2 rings (SSSR count). The van der Waals surface area contributed by atoms with E-state index in [9.17, 15) is 4.79 Å². The van der Waals surface area contributed by atoms with E-state index in [2.05, 4.69) is 10.2 Å². The zero-order valence-corrected chi connectivity index (χ0v) is 12.2. The van der Waals surface area contributed by atoms with Crippen molar-refractivity contribution in [2.24, 2.45) is 5.92 Å². The van der Waals surface area contributed by atoms with Gasteiger partial charge in [-0.15, -0.1) is 0 Å². The predicted octanol–water partition coefficient (Wildman–Crippen LogP) is 2.09. The molecule has 5 heteroatoms. The van der Waals surface area contributed by atoms with Crippen LogP contribution in [-0.4, -0.2) is 32.2 Å². The standard InChI is InChI=1S/C15H23N3O2/c1-11(2)9-15(19)17-13-10-12(16)3-4-14(13)18-5-7-20-8-6-18/h3-4,10-11H,5-9,16H2,1-2H3,(H,17,19). The summed E-state index contributed by atoms with van der Waals surface area (Å²) in [6.07, 6.45) is 0.511. The normalized spacial score (nSPS) is 15.4. The number of hydrogen-bond acceptors (Lipinski definition) is 4. The third-order valence-electron chi connectivity index (χ3n) is 3.24. The Balaban J connectivity index is 2.16. The number of rotatable bonds is 4. The van der Waals surface area contributed by atoms with Gasteiger partial charge in [0, 0.05) is 25.2 Å². The Bertz CT molecular complexity index is 468. The second-order valence-corrected chi connectivity index (χ2v) is 5.52. The van der Waals surface area contributed by atoms with Gasteiger partial charge in [-0.05, 0) is 24.1 Å². The van der Waals surface area contributed by atoms with E-state index >= 15 is 0 Å². The lowest BCUT2D eigenvalue weighted by Crippen LogP contribution is -2.36. The van der Waals surface area contributed by atoms with Gasteiger partial charge in [0.2, 0.25) is 5.91 Å². The van der Waals surface area contributed by atoms with Crippen LogP contribution in [0.25, 0.3) is 0 Å². The van der Waals surface area contributed by atoms with Crippen LogP contribution in [0.5, 0.6) is 0 Å². The minimum Gasteiger partial charge on any atom is -0.399 e. The largest absolute Gasteiger partial charge is 0.399 e. The van der Waals surface area contributed by atoms with E-state index in [-0.39, 0.29) is 5.91 Å². The van der Waals surface area contributed by atoms with E-state index in [1.165, 1.54) is 0 Å². The lowest BCUT2D eigenvalue weighted by Gasteiger charge is -2.30. The Morgan fingerprint density at radius 1 is 1.40 bits per heavy atom. The zero-order chi connectivity index (χ0) is 14.5. The maximum absolute atomic E-state index is 12.0. The molecular formula is C15H23N3O2. The topological polar surface area (TPSA) is 67.6 Å². The van der Waals surface area contributed by atoms with Crippen molar-refractivity contribution in [2.45, 2.75) is 20.3 Å². The van der Waals surface area contributed by atoms with E-state index in [1.54, 1.807) is 0 Å². The minimum absolute atomic E-state index is 0.0279. The fourth-order valence-corrected chi connectivity index (χ4v) is 2.31. The van der Waals surface area contributed by atoms with Crippen molar-refractivity contribution in [2.75, 3.05) is 42.3 Å². The molecule has 20 heavy (non-hydrogen) atoms. The third-order valence-corrected chi connectivity index (χ3v) is 3.24. The molecule has 1 saturated heterocycles. The van der Waals surface area contributed by atoms with Crippen LogP contribution < -0.4 is 16.0 Å². The van der Waals surface area contributed by atoms with Crippen LogP contribution in [0.3, 0.4) is 0 Å². The summed E-state index contributed by atoms with van der Waals surface area (Å²) in [6.45, 7) is 7.14. The summed E-state index contributed by atoms with van der Waals surface area (Å²) < 4.78 is 5.36. The quantitative estimate of drug-likeness (QED) is 0.827. The predicted molar refractivity (Wildman–Crippen MR) is 82.0 cm³/mol. The zero-order valence-electron chi connectivity index (χ0n) is 12.2. The molecule has 0 atom stereocenters. The van der Waals surface area contributed by atoms with Gasteiger partial charge in [-0.1, -0.05) is 13.8 Å². The number of ether oxygens (including phenoxy) is 1. The summed E-state index contributed by atoms with van der Waals surface area (Å²) in [5.74, 6) is 0.364. The Morgan fingerprint density at radius 2 is 2.10 bits per heavy atom. The number of morpholine rings is 1. The average molecular weight is 277 g/mol. The molecule has 0 aromatic heterocycles. The number of benzene rings is 1. The molecule has 1 aliphatic heterocycles. The van der Waals surface area contributed by atoms with Crippen molar-refractivity contribution in [1.82, 2.24) is 0 Å². The molecule has 5 nitrogen and oxygen atoms in total. The summed E-state index contributed by atoms with van der Waals surface area (Å²) in [6, 6.07) is 5.65. The average Bonchev–Trinajstić information content (AvgIpc) is 2.39. The van der Waals surface area contributed by atoms with Crippen molar-refractivity contribution in [3.05, 3.63) is 18.2 Å². The van der Waals surface area contributed by atoms with Crippen molar-refractivity contribution in [1.29, 1.82) is 0 Å². The highest BCUT2D eigenvalue weighted by atomic mass is 16.5. The SMILES string of the molecule is CC(C)CC(=O)Nc1cc(N)ccc1N1CCOCC1. The van der Waals surface area contributed by atoms with Crippen LogP contribution in [-0.2, 0) is 9.53 Å². The Kier molecular flexibility index (Phi) is 4.84. The number of amides is 1. The van der Waals surface area contributed by atoms with Crippen molar-refractivity contribution in [3.8, 4) is 0 Å². The van der Waals surface area contributed by atoms with Crippen molar-refractivity contribution >= 4 is 23.0 Å². The molecule has 1 fully saturated rings. The number of nitrogens with two attached hydrogens (primary N) is 1. The summed E-state index contributed by atoms with van der Waals surface area (Å²) in [4.78, 5) is 14.2. The second-order valence-electron chi connectivity index (χ2n) is 5.52. The molecule has 0 unspecified atom stereocenters. The van der Waals surface area contributed by atoms with Gasteiger partial charge < -0.3 is 20.7 Å². The first-order chi connectivity index (χ1) is 9.56. The minimum atomic E-state index is 0.0279. The number of carbonyl (C=O) groups excluding carboxylic acids is 1. The first-order valence-corrected chi connectivity index (χ1v) is 7.08. The first-order valence-electron chi connectivity index (χ1n) is 7.08. The van der Waals surface area contributed by atoms with E-state index in [4.69, 9.17) is 10.5 Å². The molecule has 0 spiro atoms. The smallest absolute Gasteiger partial charge is 0.224 e. The number of nitrogen functional groups attached to an aromatic ring is 1. The fraction of sp³-hybridized carbons (Fsp3) is 0.533. The van der Waals surface area contributed by atoms with Crippen molar-refractivity contribution < 1.29 is 9.53 Å². The Hall–Kier alpha value is -1.75. The Labute approximate surface area is 120 Å². The van der Waals surface area contributed by atoms with E-state index in [0.717, 1.165) is 24.5 Å². The molecule has 1 aromatic rings. The van der Waals surface area contributed by atoms with Gasteiger partial charge in [-0.3, -0.25) is 4.79 Å². The van der Waals surface area contributed by atoms with Crippen molar-refractivity contribution in [3.63, 3.8) is 0 Å². The second kappa shape index (κ2) is 6.61. The van der Waals surface area contributed by atoms with Crippen LogP contribution in [0.4, 0.5) is 17.1 Å². The molecule has 1 heterocycles. The lowest BCUT2D eigenvalue weighted by molar-refractivity contribution is -0.116. The number of anilines is 3. The highest BCUT2D eigenvalue weighted by Gasteiger charge is 2.16. The number of nitrogens with zero attached hydrogens (tertiary/aromatic N) is 1. The van der Waals surface area contributed by atoms with E-state index in [0.29, 0.717) is 31.2 Å². The molecule has 0 bridgehead atoms. The molecule has 0 saturated carbocycles. The van der Waals surface area contributed by atoms with Crippen LogP contribution in [0, 0.1) is 5.92 Å². The number of nitrogens with one attached hydrogen (secondary N) is 1.